The molecule has 0 aliphatic rings. The van der Waals surface area contributed by atoms with Gasteiger partial charge < -0.3 is 10.1 Å². The summed E-state index contributed by atoms with van der Waals surface area (Å²) in [6.45, 7) is 6.24. The van der Waals surface area contributed by atoms with Crippen molar-refractivity contribution in [2.24, 2.45) is 0 Å². The van der Waals surface area contributed by atoms with Gasteiger partial charge in [0.2, 0.25) is 5.91 Å². The second-order valence-electron chi connectivity index (χ2n) is 7.96. The molecule has 0 spiro atoms. The Morgan fingerprint density at radius 3 is 2.40 bits per heavy atom. The molecule has 0 aliphatic carbocycles. The standard InChI is InChI=1S/C26H27N5O4/c1-4-30-24-23(17(3)29-31(24)20-9-7-6-8-10-20)28-21(25(30)33)15-16-22(32)27-19-13-11-18(12-14-19)26(34)35-5-2/h6-14H,4-5,15-16H2,1-3H3,(H,27,32). The summed E-state index contributed by atoms with van der Waals surface area (Å²) < 4.78 is 8.35. The lowest BCUT2D eigenvalue weighted by Gasteiger charge is -2.11. The number of benzene rings is 2. The predicted octanol–water partition coefficient (Wildman–Crippen LogP) is 3.66. The number of fused-ring (bicyclic) bond motifs is 1. The van der Waals surface area contributed by atoms with Gasteiger partial charge in [0.05, 0.1) is 23.6 Å². The SMILES string of the molecule is CCOC(=O)c1ccc(NC(=O)CCc2nc3c(C)nn(-c4ccccc4)c3n(CC)c2=O)cc1. The average Bonchev–Trinajstić information content (AvgIpc) is 3.19. The summed E-state index contributed by atoms with van der Waals surface area (Å²) in [6, 6.07) is 16.1. The number of carbonyl (C=O) groups is 2. The molecule has 1 amide bonds. The minimum Gasteiger partial charge on any atom is -0.462 e. The summed E-state index contributed by atoms with van der Waals surface area (Å²) >= 11 is 0. The summed E-state index contributed by atoms with van der Waals surface area (Å²) in [5.74, 6) is -0.667. The molecular formula is C26H27N5O4. The molecule has 2 aromatic heterocycles. The zero-order valence-electron chi connectivity index (χ0n) is 19.9. The van der Waals surface area contributed by atoms with Gasteiger partial charge in [0, 0.05) is 25.1 Å². The number of aromatic nitrogens is 4. The van der Waals surface area contributed by atoms with Gasteiger partial charge in [0.15, 0.2) is 5.65 Å². The summed E-state index contributed by atoms with van der Waals surface area (Å²) in [5.41, 5.74) is 3.88. The first kappa shape index (κ1) is 23.9. The monoisotopic (exact) mass is 473 g/mol. The van der Waals surface area contributed by atoms with Gasteiger partial charge in [-0.3, -0.25) is 14.2 Å². The van der Waals surface area contributed by atoms with E-state index < -0.39 is 5.97 Å². The van der Waals surface area contributed by atoms with Gasteiger partial charge in [0.1, 0.15) is 11.2 Å². The summed E-state index contributed by atoms with van der Waals surface area (Å²) in [5, 5.41) is 7.40. The molecule has 0 atom stereocenters. The van der Waals surface area contributed by atoms with Crippen LogP contribution in [0.25, 0.3) is 16.9 Å². The first-order valence-corrected chi connectivity index (χ1v) is 11.5. The number of esters is 1. The highest BCUT2D eigenvalue weighted by atomic mass is 16.5. The number of anilines is 1. The topological polar surface area (TPSA) is 108 Å². The molecule has 35 heavy (non-hydrogen) atoms. The highest BCUT2D eigenvalue weighted by molar-refractivity contribution is 5.93. The van der Waals surface area contributed by atoms with Crippen molar-refractivity contribution in [1.82, 2.24) is 19.3 Å². The van der Waals surface area contributed by atoms with E-state index in [9.17, 15) is 14.4 Å². The first-order chi connectivity index (χ1) is 16.9. The molecule has 2 aromatic carbocycles. The Labute approximate surface area is 202 Å². The fraction of sp³-hybridized carbons (Fsp3) is 0.269. The van der Waals surface area contributed by atoms with E-state index in [0.717, 1.165) is 5.69 Å². The minimum absolute atomic E-state index is 0.0863. The van der Waals surface area contributed by atoms with Crippen LogP contribution < -0.4 is 10.9 Å². The van der Waals surface area contributed by atoms with Crippen LogP contribution in [-0.4, -0.2) is 37.8 Å². The van der Waals surface area contributed by atoms with E-state index >= 15 is 0 Å². The third-order valence-corrected chi connectivity index (χ3v) is 5.59. The van der Waals surface area contributed by atoms with Crippen molar-refractivity contribution in [2.75, 3.05) is 11.9 Å². The van der Waals surface area contributed by atoms with Crippen LogP contribution in [0.3, 0.4) is 0 Å². The maximum Gasteiger partial charge on any atom is 0.338 e. The van der Waals surface area contributed by atoms with E-state index in [1.54, 1.807) is 40.4 Å². The maximum atomic E-state index is 13.2. The Hall–Kier alpha value is -4.27. The Morgan fingerprint density at radius 2 is 1.74 bits per heavy atom. The fourth-order valence-corrected chi connectivity index (χ4v) is 3.88. The van der Waals surface area contributed by atoms with Crippen molar-refractivity contribution < 1.29 is 14.3 Å². The van der Waals surface area contributed by atoms with E-state index in [1.165, 1.54) is 0 Å². The third kappa shape index (κ3) is 4.98. The van der Waals surface area contributed by atoms with Crippen LogP contribution in [0.15, 0.2) is 59.4 Å². The highest BCUT2D eigenvalue weighted by Gasteiger charge is 2.19. The fourth-order valence-electron chi connectivity index (χ4n) is 3.88. The van der Waals surface area contributed by atoms with Crippen LogP contribution in [0.5, 0.6) is 0 Å². The molecule has 0 bridgehead atoms. The lowest BCUT2D eigenvalue weighted by molar-refractivity contribution is -0.116. The number of carbonyl (C=O) groups excluding carboxylic acids is 2. The minimum atomic E-state index is -0.412. The van der Waals surface area contributed by atoms with Gasteiger partial charge in [-0.15, -0.1) is 0 Å². The summed E-state index contributed by atoms with van der Waals surface area (Å²) in [7, 11) is 0. The Kier molecular flexibility index (Phi) is 7.05. The van der Waals surface area contributed by atoms with Crippen LogP contribution >= 0.6 is 0 Å². The molecule has 0 unspecified atom stereocenters. The van der Waals surface area contributed by atoms with Gasteiger partial charge in [0.25, 0.3) is 5.56 Å². The lowest BCUT2D eigenvalue weighted by Crippen LogP contribution is -2.27. The maximum absolute atomic E-state index is 13.2. The zero-order valence-corrected chi connectivity index (χ0v) is 19.9. The number of aryl methyl sites for hydroxylation is 3. The van der Waals surface area contributed by atoms with E-state index in [1.807, 2.05) is 44.2 Å². The van der Waals surface area contributed by atoms with E-state index in [-0.39, 0.29) is 24.3 Å². The molecular weight excluding hydrogens is 446 g/mol. The first-order valence-electron chi connectivity index (χ1n) is 11.5. The van der Waals surface area contributed by atoms with Gasteiger partial charge >= 0.3 is 5.97 Å². The van der Waals surface area contributed by atoms with Crippen LogP contribution in [0.1, 0.15) is 42.0 Å². The smallest absolute Gasteiger partial charge is 0.338 e. The number of nitrogens with zero attached hydrogens (tertiary/aromatic N) is 4. The van der Waals surface area contributed by atoms with Crippen molar-refractivity contribution in [3.8, 4) is 5.69 Å². The third-order valence-electron chi connectivity index (χ3n) is 5.59. The van der Waals surface area contributed by atoms with Crippen LogP contribution in [0, 0.1) is 6.92 Å². The average molecular weight is 474 g/mol. The molecule has 1 N–H and O–H groups in total. The molecule has 4 aromatic rings. The Balaban J connectivity index is 1.53. The molecule has 2 heterocycles. The number of ether oxygens (including phenoxy) is 1. The van der Waals surface area contributed by atoms with E-state index in [2.05, 4.69) is 15.4 Å². The van der Waals surface area contributed by atoms with Crippen molar-refractivity contribution in [1.29, 1.82) is 0 Å². The van der Waals surface area contributed by atoms with Crippen LogP contribution in [-0.2, 0) is 22.5 Å². The number of para-hydroxylation sites is 1. The van der Waals surface area contributed by atoms with Crippen molar-refractivity contribution >= 4 is 28.7 Å². The second-order valence-corrected chi connectivity index (χ2v) is 7.96. The van der Waals surface area contributed by atoms with Gasteiger partial charge in [-0.05, 0) is 57.2 Å². The number of nitrogens with one attached hydrogen (secondary N) is 1. The molecule has 0 saturated carbocycles. The molecule has 9 heteroatoms. The number of hydrogen-bond acceptors (Lipinski definition) is 6. The molecule has 0 fully saturated rings. The van der Waals surface area contributed by atoms with Gasteiger partial charge in [-0.1, -0.05) is 18.2 Å². The van der Waals surface area contributed by atoms with Gasteiger partial charge in [-0.2, -0.15) is 5.10 Å². The summed E-state index contributed by atoms with van der Waals surface area (Å²) in [4.78, 5) is 42.1. The Morgan fingerprint density at radius 1 is 1.03 bits per heavy atom. The molecule has 4 rings (SSSR count). The lowest BCUT2D eigenvalue weighted by atomic mass is 10.2. The number of hydrogen-bond donors (Lipinski definition) is 1. The zero-order chi connectivity index (χ0) is 24.9. The largest absolute Gasteiger partial charge is 0.462 e. The molecule has 0 radical (unpaired) electrons. The quantitative estimate of drug-likeness (QED) is 0.391. The molecule has 0 saturated heterocycles. The van der Waals surface area contributed by atoms with E-state index in [0.29, 0.717) is 47.0 Å². The molecule has 0 aliphatic heterocycles. The normalized spacial score (nSPS) is 10.9. The summed E-state index contributed by atoms with van der Waals surface area (Å²) in [6.07, 6.45) is 0.278. The van der Waals surface area contributed by atoms with Crippen molar-refractivity contribution in [3.05, 3.63) is 81.9 Å². The van der Waals surface area contributed by atoms with Crippen molar-refractivity contribution in [3.63, 3.8) is 0 Å². The molecule has 180 valence electrons. The van der Waals surface area contributed by atoms with Crippen LogP contribution in [0.2, 0.25) is 0 Å². The second kappa shape index (κ2) is 10.3. The number of rotatable bonds is 8. The number of amides is 1. The highest BCUT2D eigenvalue weighted by Crippen LogP contribution is 2.20. The molecule has 9 nitrogen and oxygen atoms in total. The van der Waals surface area contributed by atoms with Gasteiger partial charge in [-0.25, -0.2) is 14.5 Å². The van der Waals surface area contributed by atoms with Crippen molar-refractivity contribution in [2.45, 2.75) is 40.2 Å². The van der Waals surface area contributed by atoms with E-state index in [4.69, 9.17) is 4.74 Å². The predicted molar refractivity (Wildman–Crippen MR) is 133 cm³/mol. The Bertz CT molecular complexity index is 1420. The van der Waals surface area contributed by atoms with Crippen LogP contribution in [0.4, 0.5) is 5.69 Å².